The third-order valence-corrected chi connectivity index (χ3v) is 2.69. The first-order chi connectivity index (χ1) is 6.65. The first-order valence-corrected chi connectivity index (χ1v) is 5.14. The Bertz CT molecular complexity index is 215. The lowest BCUT2D eigenvalue weighted by atomic mass is 9.90. The van der Waals surface area contributed by atoms with Crippen LogP contribution in [0.25, 0.3) is 0 Å². The van der Waals surface area contributed by atoms with Crippen LogP contribution in [0, 0.1) is 5.92 Å². The second-order valence-electron chi connectivity index (χ2n) is 3.93. The van der Waals surface area contributed by atoms with Gasteiger partial charge in [0.2, 0.25) is 5.91 Å². The first-order valence-electron chi connectivity index (χ1n) is 5.14. The van der Waals surface area contributed by atoms with Gasteiger partial charge in [-0.3, -0.25) is 4.79 Å². The molecule has 0 aromatic carbocycles. The van der Waals surface area contributed by atoms with E-state index in [-0.39, 0.29) is 18.1 Å². The first kappa shape index (κ1) is 11.2. The molecule has 0 bridgehead atoms. The summed E-state index contributed by atoms with van der Waals surface area (Å²) in [6.07, 6.45) is 3.76. The number of carbonyl (C=O) groups is 1. The fraction of sp³-hybridized carbons (Fsp3) is 0.727. The number of rotatable bonds is 3. The summed E-state index contributed by atoms with van der Waals surface area (Å²) in [6.45, 7) is 8.19. The number of hydrogen-bond acceptors (Lipinski definition) is 2. The fourth-order valence-electron chi connectivity index (χ4n) is 1.90. The third-order valence-electron chi connectivity index (χ3n) is 2.69. The summed E-state index contributed by atoms with van der Waals surface area (Å²) < 4.78 is 5.62. The van der Waals surface area contributed by atoms with Crippen molar-refractivity contribution in [3.63, 3.8) is 0 Å². The van der Waals surface area contributed by atoms with Crippen LogP contribution in [0.3, 0.4) is 0 Å². The summed E-state index contributed by atoms with van der Waals surface area (Å²) in [5.41, 5.74) is 0. The number of ether oxygens (including phenoxy) is 1. The normalized spacial score (nSPS) is 32.3. The average Bonchev–Trinajstić information content (AvgIpc) is 2.11. The lowest BCUT2D eigenvalue weighted by Gasteiger charge is -2.36. The van der Waals surface area contributed by atoms with E-state index in [9.17, 15) is 4.79 Å². The molecule has 1 N–H and O–H groups in total. The lowest BCUT2D eigenvalue weighted by Crippen LogP contribution is -2.50. The van der Waals surface area contributed by atoms with Gasteiger partial charge in [-0.05, 0) is 18.8 Å². The maximum absolute atomic E-state index is 11.0. The van der Waals surface area contributed by atoms with Crippen LogP contribution in [0.5, 0.6) is 0 Å². The van der Waals surface area contributed by atoms with Gasteiger partial charge >= 0.3 is 0 Å². The van der Waals surface area contributed by atoms with Crippen LogP contribution < -0.4 is 5.32 Å². The van der Waals surface area contributed by atoms with Gasteiger partial charge in [0.15, 0.2) is 0 Å². The highest BCUT2D eigenvalue weighted by Gasteiger charge is 2.31. The zero-order valence-corrected chi connectivity index (χ0v) is 8.95. The molecule has 1 amide bonds. The van der Waals surface area contributed by atoms with Crippen molar-refractivity contribution in [1.82, 2.24) is 5.32 Å². The Morgan fingerprint density at radius 3 is 3.00 bits per heavy atom. The SMILES string of the molecule is C=CC[C@H]1OCC[C@H](C)[C@H]1NC(C)=O. The smallest absolute Gasteiger partial charge is 0.217 e. The van der Waals surface area contributed by atoms with Gasteiger partial charge in [0.05, 0.1) is 12.1 Å². The molecule has 3 heteroatoms. The van der Waals surface area contributed by atoms with Gasteiger partial charge in [0.25, 0.3) is 0 Å². The molecule has 0 radical (unpaired) electrons. The molecule has 3 atom stereocenters. The van der Waals surface area contributed by atoms with Gasteiger partial charge in [-0.2, -0.15) is 0 Å². The molecule has 80 valence electrons. The standard InChI is InChI=1S/C11H19NO2/c1-4-5-10-11(12-9(3)13)8(2)6-7-14-10/h4,8,10-11H,1,5-7H2,2-3H3,(H,12,13)/t8-,10+,11+/m0/s1. The molecular formula is C11H19NO2. The highest BCUT2D eigenvalue weighted by atomic mass is 16.5. The fourth-order valence-corrected chi connectivity index (χ4v) is 1.90. The van der Waals surface area contributed by atoms with Crippen LogP contribution in [-0.4, -0.2) is 24.7 Å². The molecule has 1 fully saturated rings. The minimum atomic E-state index is 0.0152. The Balaban J connectivity index is 2.60. The van der Waals surface area contributed by atoms with E-state index in [0.717, 1.165) is 19.4 Å². The average molecular weight is 197 g/mol. The van der Waals surface area contributed by atoms with Crippen molar-refractivity contribution in [1.29, 1.82) is 0 Å². The largest absolute Gasteiger partial charge is 0.376 e. The van der Waals surface area contributed by atoms with E-state index in [0.29, 0.717) is 5.92 Å². The van der Waals surface area contributed by atoms with Crippen molar-refractivity contribution in [2.75, 3.05) is 6.61 Å². The van der Waals surface area contributed by atoms with Crippen molar-refractivity contribution < 1.29 is 9.53 Å². The number of amides is 1. The molecule has 0 aromatic heterocycles. The van der Waals surface area contributed by atoms with Crippen LogP contribution >= 0.6 is 0 Å². The second-order valence-corrected chi connectivity index (χ2v) is 3.93. The van der Waals surface area contributed by atoms with Crippen molar-refractivity contribution in [3.8, 4) is 0 Å². The minimum Gasteiger partial charge on any atom is -0.376 e. The minimum absolute atomic E-state index is 0.0152. The monoisotopic (exact) mass is 197 g/mol. The molecule has 1 heterocycles. The molecule has 0 unspecified atom stereocenters. The summed E-state index contributed by atoms with van der Waals surface area (Å²) in [5.74, 6) is 0.499. The van der Waals surface area contributed by atoms with Gasteiger partial charge in [0, 0.05) is 13.5 Å². The maximum atomic E-state index is 11.0. The van der Waals surface area contributed by atoms with Crippen molar-refractivity contribution in [3.05, 3.63) is 12.7 Å². The van der Waals surface area contributed by atoms with E-state index in [1.807, 2.05) is 6.08 Å². The Labute approximate surface area is 85.5 Å². The molecular weight excluding hydrogens is 178 g/mol. The van der Waals surface area contributed by atoms with Crippen LogP contribution in [0.15, 0.2) is 12.7 Å². The molecule has 3 nitrogen and oxygen atoms in total. The van der Waals surface area contributed by atoms with E-state index in [2.05, 4.69) is 18.8 Å². The third kappa shape index (κ3) is 2.84. The van der Waals surface area contributed by atoms with Gasteiger partial charge in [-0.1, -0.05) is 13.0 Å². The molecule has 0 aromatic rings. The molecule has 14 heavy (non-hydrogen) atoms. The Kier molecular flexibility index (Phi) is 4.14. The Morgan fingerprint density at radius 1 is 1.71 bits per heavy atom. The molecule has 0 spiro atoms. The number of hydrogen-bond donors (Lipinski definition) is 1. The van der Waals surface area contributed by atoms with Crippen LogP contribution in [-0.2, 0) is 9.53 Å². The quantitative estimate of drug-likeness (QED) is 0.696. The second kappa shape index (κ2) is 5.15. The summed E-state index contributed by atoms with van der Waals surface area (Å²) >= 11 is 0. The van der Waals surface area contributed by atoms with Crippen molar-refractivity contribution >= 4 is 5.91 Å². The summed E-state index contributed by atoms with van der Waals surface area (Å²) in [7, 11) is 0. The highest BCUT2D eigenvalue weighted by Crippen LogP contribution is 2.22. The maximum Gasteiger partial charge on any atom is 0.217 e. The topological polar surface area (TPSA) is 38.3 Å². The van der Waals surface area contributed by atoms with Gasteiger partial charge in [-0.25, -0.2) is 0 Å². The van der Waals surface area contributed by atoms with Crippen LogP contribution in [0.4, 0.5) is 0 Å². The van der Waals surface area contributed by atoms with E-state index >= 15 is 0 Å². The van der Waals surface area contributed by atoms with E-state index in [1.165, 1.54) is 0 Å². The summed E-state index contributed by atoms with van der Waals surface area (Å²) in [4.78, 5) is 11.0. The van der Waals surface area contributed by atoms with Gasteiger partial charge in [-0.15, -0.1) is 6.58 Å². The van der Waals surface area contributed by atoms with Crippen LogP contribution in [0.2, 0.25) is 0 Å². The molecule has 0 saturated carbocycles. The zero-order chi connectivity index (χ0) is 10.6. The van der Waals surface area contributed by atoms with E-state index in [4.69, 9.17) is 4.74 Å². The molecule has 0 aliphatic carbocycles. The van der Waals surface area contributed by atoms with Gasteiger partial charge < -0.3 is 10.1 Å². The predicted octanol–water partition coefficient (Wildman–Crippen LogP) is 1.49. The Hall–Kier alpha value is -0.830. The van der Waals surface area contributed by atoms with Crippen molar-refractivity contribution in [2.24, 2.45) is 5.92 Å². The molecule has 1 aliphatic heterocycles. The summed E-state index contributed by atoms with van der Waals surface area (Å²) in [6, 6.07) is 0.138. The number of nitrogens with one attached hydrogen (secondary N) is 1. The molecule has 1 saturated heterocycles. The Morgan fingerprint density at radius 2 is 2.43 bits per heavy atom. The number of carbonyl (C=O) groups excluding carboxylic acids is 1. The zero-order valence-electron chi connectivity index (χ0n) is 8.95. The summed E-state index contributed by atoms with van der Waals surface area (Å²) in [5, 5.41) is 2.95. The molecule has 1 aliphatic rings. The lowest BCUT2D eigenvalue weighted by molar-refractivity contribution is -0.123. The predicted molar refractivity (Wildman–Crippen MR) is 55.9 cm³/mol. The van der Waals surface area contributed by atoms with Crippen molar-refractivity contribution in [2.45, 2.75) is 38.8 Å². The van der Waals surface area contributed by atoms with Gasteiger partial charge in [0.1, 0.15) is 0 Å². The highest BCUT2D eigenvalue weighted by molar-refractivity contribution is 5.73. The molecule has 1 rings (SSSR count). The van der Waals surface area contributed by atoms with E-state index in [1.54, 1.807) is 6.92 Å². The van der Waals surface area contributed by atoms with E-state index < -0.39 is 0 Å². The van der Waals surface area contributed by atoms with Crippen LogP contribution in [0.1, 0.15) is 26.7 Å².